The Morgan fingerprint density at radius 2 is 1.96 bits per heavy atom. The number of nitrogens with zero attached hydrogens (tertiary/aromatic N) is 1. The summed E-state index contributed by atoms with van der Waals surface area (Å²) in [6.45, 7) is 2.11. The number of benzene rings is 1. The van der Waals surface area contributed by atoms with Gasteiger partial charge in [0.2, 0.25) is 10.0 Å². The van der Waals surface area contributed by atoms with Crippen molar-refractivity contribution in [2.45, 2.75) is 25.7 Å². The van der Waals surface area contributed by atoms with Crippen molar-refractivity contribution in [2.75, 3.05) is 12.3 Å². The predicted molar refractivity (Wildman–Crippen MR) is 89.2 cm³/mol. The Labute approximate surface area is 136 Å². The lowest BCUT2D eigenvalue weighted by Crippen LogP contribution is -2.31. The van der Waals surface area contributed by atoms with Gasteiger partial charge in [-0.3, -0.25) is 4.98 Å². The van der Waals surface area contributed by atoms with E-state index < -0.39 is 10.0 Å². The van der Waals surface area contributed by atoms with E-state index in [-0.39, 0.29) is 24.0 Å². The Morgan fingerprint density at radius 1 is 1.22 bits per heavy atom. The van der Waals surface area contributed by atoms with Crippen LogP contribution in [0.25, 0.3) is 0 Å². The first-order chi connectivity index (χ1) is 11.0. The van der Waals surface area contributed by atoms with Gasteiger partial charge >= 0.3 is 0 Å². The number of nitrogens with one attached hydrogen (secondary N) is 1. The van der Waals surface area contributed by atoms with E-state index in [4.69, 9.17) is 0 Å². The maximum Gasteiger partial charge on any atom is 0.211 e. The van der Waals surface area contributed by atoms with E-state index in [0.717, 1.165) is 11.1 Å². The van der Waals surface area contributed by atoms with Gasteiger partial charge in [-0.1, -0.05) is 25.1 Å². The fourth-order valence-electron chi connectivity index (χ4n) is 2.41. The van der Waals surface area contributed by atoms with Crippen LogP contribution in [0.2, 0.25) is 0 Å². The molecule has 1 unspecified atom stereocenters. The molecular formula is C17H21FN2O2S. The third-order valence-electron chi connectivity index (χ3n) is 3.57. The topological polar surface area (TPSA) is 59.1 Å². The second-order valence-electron chi connectivity index (χ2n) is 5.48. The normalized spacial score (nSPS) is 13.0. The van der Waals surface area contributed by atoms with E-state index in [9.17, 15) is 12.8 Å². The first-order valence-corrected chi connectivity index (χ1v) is 9.27. The van der Waals surface area contributed by atoms with Gasteiger partial charge in [-0.2, -0.15) is 0 Å². The molecule has 4 nitrogen and oxygen atoms in total. The van der Waals surface area contributed by atoms with Gasteiger partial charge in [0.05, 0.1) is 5.75 Å². The molecule has 0 fully saturated rings. The summed E-state index contributed by atoms with van der Waals surface area (Å²) >= 11 is 0. The Balaban J connectivity index is 2.16. The molecule has 1 aromatic heterocycles. The first-order valence-electron chi connectivity index (χ1n) is 7.62. The van der Waals surface area contributed by atoms with E-state index in [0.29, 0.717) is 12.8 Å². The molecule has 0 radical (unpaired) electrons. The third-order valence-corrected chi connectivity index (χ3v) is 5.12. The van der Waals surface area contributed by atoms with Crippen LogP contribution in [-0.2, 0) is 16.4 Å². The predicted octanol–water partition coefficient (Wildman–Crippen LogP) is 2.88. The van der Waals surface area contributed by atoms with Gasteiger partial charge in [0.25, 0.3) is 0 Å². The van der Waals surface area contributed by atoms with Crippen LogP contribution in [0.5, 0.6) is 0 Å². The van der Waals surface area contributed by atoms with Crippen molar-refractivity contribution < 1.29 is 12.8 Å². The lowest BCUT2D eigenvalue weighted by Gasteiger charge is -2.18. The summed E-state index contributed by atoms with van der Waals surface area (Å²) in [6.07, 6.45) is 4.66. The maximum absolute atomic E-state index is 13.1. The number of halogens is 1. The highest BCUT2D eigenvalue weighted by Crippen LogP contribution is 2.21. The molecule has 0 amide bonds. The van der Waals surface area contributed by atoms with Crippen molar-refractivity contribution in [1.82, 2.24) is 9.71 Å². The lowest BCUT2D eigenvalue weighted by molar-refractivity contribution is 0.566. The summed E-state index contributed by atoms with van der Waals surface area (Å²) in [5.41, 5.74) is 1.91. The molecule has 0 spiro atoms. The van der Waals surface area contributed by atoms with Crippen LogP contribution in [0.15, 0.2) is 48.8 Å². The van der Waals surface area contributed by atoms with E-state index in [1.165, 1.54) is 12.1 Å². The molecule has 1 heterocycles. The molecule has 1 N–H and O–H groups in total. The minimum absolute atomic E-state index is 0.0774. The van der Waals surface area contributed by atoms with Crippen LogP contribution in [0.3, 0.4) is 0 Å². The molecule has 0 aliphatic heterocycles. The van der Waals surface area contributed by atoms with Crippen molar-refractivity contribution in [3.8, 4) is 0 Å². The fourth-order valence-corrected chi connectivity index (χ4v) is 3.55. The second-order valence-corrected chi connectivity index (χ2v) is 7.41. The molecule has 6 heteroatoms. The van der Waals surface area contributed by atoms with Crippen LogP contribution < -0.4 is 4.72 Å². The average Bonchev–Trinajstić information content (AvgIpc) is 2.53. The molecule has 2 rings (SSSR count). The highest BCUT2D eigenvalue weighted by atomic mass is 32.2. The number of hydrogen-bond acceptors (Lipinski definition) is 3. The maximum atomic E-state index is 13.1. The van der Waals surface area contributed by atoms with E-state index in [2.05, 4.69) is 9.71 Å². The molecule has 0 bridgehead atoms. The summed E-state index contributed by atoms with van der Waals surface area (Å²) < 4.78 is 39.6. The average molecular weight is 336 g/mol. The van der Waals surface area contributed by atoms with Gasteiger partial charge in [0, 0.05) is 24.9 Å². The molecule has 0 aliphatic carbocycles. The van der Waals surface area contributed by atoms with Gasteiger partial charge in [-0.15, -0.1) is 0 Å². The minimum Gasteiger partial charge on any atom is -0.264 e. The number of hydrogen-bond donors (Lipinski definition) is 1. The molecule has 1 atom stereocenters. The lowest BCUT2D eigenvalue weighted by atomic mass is 9.93. The Hall–Kier alpha value is -1.79. The molecule has 23 heavy (non-hydrogen) atoms. The quantitative estimate of drug-likeness (QED) is 0.806. The van der Waals surface area contributed by atoms with Crippen molar-refractivity contribution in [3.05, 3.63) is 65.7 Å². The van der Waals surface area contributed by atoms with Crippen LogP contribution in [0, 0.1) is 5.82 Å². The summed E-state index contributed by atoms with van der Waals surface area (Å²) in [5, 5.41) is 0. The van der Waals surface area contributed by atoms with Gasteiger partial charge in [0.15, 0.2) is 0 Å². The Kier molecular flexibility index (Phi) is 6.24. The molecule has 124 valence electrons. The molecule has 1 aromatic carbocycles. The van der Waals surface area contributed by atoms with Crippen LogP contribution in [-0.4, -0.2) is 25.7 Å². The molecular weight excluding hydrogens is 315 g/mol. The van der Waals surface area contributed by atoms with Gasteiger partial charge in [-0.25, -0.2) is 17.5 Å². The van der Waals surface area contributed by atoms with Gasteiger partial charge < -0.3 is 0 Å². The van der Waals surface area contributed by atoms with Crippen LogP contribution in [0.4, 0.5) is 4.39 Å². The summed E-state index contributed by atoms with van der Waals surface area (Å²) in [5.74, 6) is -0.275. The zero-order valence-corrected chi connectivity index (χ0v) is 13.9. The number of rotatable bonds is 8. The third kappa shape index (κ3) is 5.73. The van der Waals surface area contributed by atoms with E-state index in [1.54, 1.807) is 24.5 Å². The number of sulfonamides is 1. The minimum atomic E-state index is -3.27. The number of aromatic nitrogens is 1. The van der Waals surface area contributed by atoms with Gasteiger partial charge in [0.1, 0.15) is 5.82 Å². The highest BCUT2D eigenvalue weighted by molar-refractivity contribution is 7.89. The zero-order valence-electron chi connectivity index (χ0n) is 13.1. The second kappa shape index (κ2) is 8.17. The highest BCUT2D eigenvalue weighted by Gasteiger charge is 2.17. The molecule has 2 aromatic rings. The van der Waals surface area contributed by atoms with Crippen LogP contribution >= 0.6 is 0 Å². The fraction of sp³-hybridized carbons (Fsp3) is 0.353. The summed E-state index contributed by atoms with van der Waals surface area (Å²) in [6, 6.07) is 9.98. The Bertz CT molecular complexity index is 703. The monoisotopic (exact) mass is 336 g/mol. The zero-order chi connectivity index (χ0) is 16.7. The largest absolute Gasteiger partial charge is 0.264 e. The standard InChI is InChI=1S/C17H21FN2O2S/c1-2-10-23(21,22)20-13-16(11-14-4-3-9-19-12-14)15-5-7-17(18)8-6-15/h3-9,12,16,20H,2,10-11,13H2,1H3. The number of pyridine rings is 1. The SMILES string of the molecule is CCCS(=O)(=O)NCC(Cc1cccnc1)c1ccc(F)cc1. The summed E-state index contributed by atoms with van der Waals surface area (Å²) in [7, 11) is -3.27. The van der Waals surface area contributed by atoms with Crippen molar-refractivity contribution in [3.63, 3.8) is 0 Å². The van der Waals surface area contributed by atoms with Crippen LogP contribution in [0.1, 0.15) is 30.4 Å². The van der Waals surface area contributed by atoms with Crippen molar-refractivity contribution >= 4 is 10.0 Å². The first kappa shape index (κ1) is 17.6. The van der Waals surface area contributed by atoms with Gasteiger partial charge in [-0.05, 0) is 42.2 Å². The van der Waals surface area contributed by atoms with E-state index >= 15 is 0 Å². The van der Waals surface area contributed by atoms with Crippen molar-refractivity contribution in [1.29, 1.82) is 0 Å². The smallest absolute Gasteiger partial charge is 0.211 e. The van der Waals surface area contributed by atoms with Crippen molar-refractivity contribution in [2.24, 2.45) is 0 Å². The molecule has 0 saturated heterocycles. The van der Waals surface area contributed by atoms with E-state index in [1.807, 2.05) is 19.1 Å². The Morgan fingerprint density at radius 3 is 2.57 bits per heavy atom. The molecule has 0 saturated carbocycles. The molecule has 0 aliphatic rings. The summed E-state index contributed by atoms with van der Waals surface area (Å²) in [4.78, 5) is 4.09.